The van der Waals surface area contributed by atoms with Gasteiger partial charge in [0.05, 0.1) is 21.2 Å². The molecular weight excluding hydrogens is 398 g/mol. The van der Waals surface area contributed by atoms with Crippen LogP contribution in [0.5, 0.6) is 0 Å². The van der Waals surface area contributed by atoms with E-state index < -0.39 is 9.85 Å². The van der Waals surface area contributed by atoms with Gasteiger partial charge in [-0.05, 0) is 36.4 Å². The molecule has 0 amide bonds. The molecule has 0 radical (unpaired) electrons. The van der Waals surface area contributed by atoms with Gasteiger partial charge in [0.2, 0.25) is 0 Å². The summed E-state index contributed by atoms with van der Waals surface area (Å²) in [6, 6.07) is 18.7. The van der Waals surface area contributed by atoms with Crippen molar-refractivity contribution in [1.82, 2.24) is 4.98 Å². The first-order valence-corrected chi connectivity index (χ1v) is 10.2. The molecule has 0 atom stereocenters. The largest absolute Gasteiger partial charge is 0.269 e. The molecule has 7 nitrogen and oxygen atoms in total. The number of non-ortho nitro benzene ring substituents is 2. The number of nitro benzene ring substituents is 2. The third-order valence-electron chi connectivity index (χ3n) is 3.73. The third kappa shape index (κ3) is 5.54. The molecule has 0 fully saturated rings. The van der Waals surface area contributed by atoms with E-state index in [-0.39, 0.29) is 11.4 Å². The number of hydrogen-bond acceptors (Lipinski definition) is 7. The zero-order valence-corrected chi connectivity index (χ0v) is 16.2. The molecule has 0 saturated carbocycles. The molecule has 3 aromatic rings. The van der Waals surface area contributed by atoms with Crippen LogP contribution in [0.15, 0.2) is 76.5 Å². The maximum Gasteiger partial charge on any atom is 0.269 e. The summed E-state index contributed by atoms with van der Waals surface area (Å²) in [6.45, 7) is 0. The molecule has 0 N–H and O–H groups in total. The average molecular weight is 413 g/mol. The number of rotatable bonds is 8. The van der Waals surface area contributed by atoms with Gasteiger partial charge in [-0.15, -0.1) is 23.5 Å². The van der Waals surface area contributed by atoms with E-state index in [9.17, 15) is 20.2 Å². The van der Waals surface area contributed by atoms with Crippen molar-refractivity contribution in [2.45, 2.75) is 21.3 Å². The molecule has 2 aromatic carbocycles. The van der Waals surface area contributed by atoms with E-state index in [1.165, 1.54) is 24.3 Å². The van der Waals surface area contributed by atoms with Crippen molar-refractivity contribution in [3.63, 3.8) is 0 Å². The molecule has 0 aliphatic rings. The normalized spacial score (nSPS) is 10.6. The second kappa shape index (κ2) is 9.34. The number of nitro groups is 2. The van der Waals surface area contributed by atoms with Gasteiger partial charge in [0.1, 0.15) is 0 Å². The van der Waals surface area contributed by atoms with Gasteiger partial charge in [-0.1, -0.05) is 6.07 Å². The van der Waals surface area contributed by atoms with Gasteiger partial charge in [0.25, 0.3) is 11.4 Å². The van der Waals surface area contributed by atoms with Gasteiger partial charge in [-0.3, -0.25) is 25.2 Å². The van der Waals surface area contributed by atoms with Crippen LogP contribution in [0.1, 0.15) is 11.4 Å². The minimum absolute atomic E-state index is 0.0766. The smallest absolute Gasteiger partial charge is 0.258 e. The maximum atomic E-state index is 10.7. The minimum atomic E-state index is -0.415. The Morgan fingerprint density at radius 1 is 0.679 bits per heavy atom. The second-order valence-corrected chi connectivity index (χ2v) is 7.80. The Balaban J connectivity index is 1.56. The van der Waals surface area contributed by atoms with Crippen molar-refractivity contribution in [2.75, 3.05) is 0 Å². The highest BCUT2D eigenvalue weighted by atomic mass is 32.2. The van der Waals surface area contributed by atoms with Crippen LogP contribution in [0.2, 0.25) is 0 Å². The summed E-state index contributed by atoms with van der Waals surface area (Å²) in [4.78, 5) is 27.1. The topological polar surface area (TPSA) is 99.2 Å². The number of nitrogens with zero attached hydrogens (tertiary/aromatic N) is 3. The Kier molecular flexibility index (Phi) is 6.62. The van der Waals surface area contributed by atoms with Crippen molar-refractivity contribution in [2.24, 2.45) is 0 Å². The summed E-state index contributed by atoms with van der Waals surface area (Å²) in [7, 11) is 0. The van der Waals surface area contributed by atoms with Gasteiger partial charge >= 0.3 is 0 Å². The highest BCUT2D eigenvalue weighted by molar-refractivity contribution is 7.98. The van der Waals surface area contributed by atoms with Crippen molar-refractivity contribution in [3.05, 3.63) is 98.3 Å². The van der Waals surface area contributed by atoms with Crippen LogP contribution in [0.4, 0.5) is 11.4 Å². The summed E-state index contributed by atoms with van der Waals surface area (Å²) in [6.07, 6.45) is 0. The van der Waals surface area contributed by atoms with Gasteiger partial charge in [0.15, 0.2) is 0 Å². The van der Waals surface area contributed by atoms with Crippen LogP contribution in [0.3, 0.4) is 0 Å². The minimum Gasteiger partial charge on any atom is -0.258 e. The van der Waals surface area contributed by atoms with Crippen LogP contribution < -0.4 is 0 Å². The number of hydrogen-bond donors (Lipinski definition) is 0. The van der Waals surface area contributed by atoms with Crippen LogP contribution in [0, 0.1) is 20.2 Å². The van der Waals surface area contributed by atoms with E-state index in [0.29, 0.717) is 11.5 Å². The quantitative estimate of drug-likeness (QED) is 0.274. The van der Waals surface area contributed by atoms with Gasteiger partial charge in [0, 0.05) is 45.6 Å². The monoisotopic (exact) mass is 413 g/mol. The average Bonchev–Trinajstić information content (AvgIpc) is 2.71. The zero-order valence-electron chi connectivity index (χ0n) is 14.6. The molecule has 3 rings (SSSR count). The highest BCUT2D eigenvalue weighted by Crippen LogP contribution is 2.26. The Bertz CT molecular complexity index is 902. The fourth-order valence-electron chi connectivity index (χ4n) is 2.33. The Morgan fingerprint density at radius 2 is 1.07 bits per heavy atom. The second-order valence-electron chi connectivity index (χ2n) is 5.70. The van der Waals surface area contributed by atoms with Crippen LogP contribution >= 0.6 is 23.5 Å². The number of aromatic nitrogens is 1. The van der Waals surface area contributed by atoms with Gasteiger partial charge in [-0.2, -0.15) is 0 Å². The fourth-order valence-corrected chi connectivity index (χ4v) is 3.94. The molecular formula is C19H15N3O4S2. The van der Waals surface area contributed by atoms with Crippen LogP contribution in [0.25, 0.3) is 0 Å². The van der Waals surface area contributed by atoms with Crippen LogP contribution in [-0.4, -0.2) is 14.8 Å². The molecule has 28 heavy (non-hydrogen) atoms. The highest BCUT2D eigenvalue weighted by Gasteiger charge is 2.07. The lowest BCUT2D eigenvalue weighted by atomic mass is 10.3. The SMILES string of the molecule is O=[N+]([O-])c1ccc(SCc2cccc(CSc3ccc([N+](=O)[O-])cc3)n2)cc1. The van der Waals surface area contributed by atoms with Crippen molar-refractivity contribution in [3.8, 4) is 0 Å². The Labute approximate surface area is 169 Å². The molecule has 0 aliphatic heterocycles. The van der Waals surface area contributed by atoms with E-state index in [1.54, 1.807) is 47.8 Å². The fraction of sp³-hybridized carbons (Fsp3) is 0.105. The van der Waals surface area contributed by atoms with Gasteiger partial charge < -0.3 is 0 Å². The van der Waals surface area contributed by atoms with E-state index >= 15 is 0 Å². The first-order valence-electron chi connectivity index (χ1n) is 8.20. The maximum absolute atomic E-state index is 10.7. The lowest BCUT2D eigenvalue weighted by molar-refractivity contribution is -0.385. The molecule has 0 saturated heterocycles. The van der Waals surface area contributed by atoms with E-state index in [1.807, 2.05) is 18.2 Å². The summed E-state index contributed by atoms with van der Waals surface area (Å²) in [5, 5.41) is 21.4. The van der Waals surface area contributed by atoms with E-state index in [4.69, 9.17) is 0 Å². The standard InChI is InChI=1S/C19H15N3O4S2/c23-21(24)16-4-8-18(9-5-16)27-12-14-2-1-3-15(20-14)13-28-19-10-6-17(7-11-19)22(25)26/h1-11H,12-13H2. The predicted octanol–water partition coefficient (Wildman–Crippen LogP) is 5.48. The first kappa shape index (κ1) is 19.8. The summed E-state index contributed by atoms with van der Waals surface area (Å²) < 4.78 is 0. The van der Waals surface area contributed by atoms with Crippen LogP contribution in [-0.2, 0) is 11.5 Å². The lowest BCUT2D eigenvalue weighted by Crippen LogP contribution is -1.93. The Morgan fingerprint density at radius 3 is 1.43 bits per heavy atom. The van der Waals surface area contributed by atoms with Crippen molar-refractivity contribution < 1.29 is 9.85 Å². The summed E-state index contributed by atoms with van der Waals surface area (Å²) in [5.74, 6) is 1.32. The van der Waals surface area contributed by atoms with Crippen molar-refractivity contribution in [1.29, 1.82) is 0 Å². The molecule has 1 aromatic heterocycles. The van der Waals surface area contributed by atoms with E-state index in [2.05, 4.69) is 4.98 Å². The molecule has 0 aliphatic carbocycles. The third-order valence-corrected chi connectivity index (χ3v) is 5.82. The van der Waals surface area contributed by atoms with Crippen molar-refractivity contribution >= 4 is 34.9 Å². The zero-order chi connectivity index (χ0) is 19.9. The molecule has 1 heterocycles. The molecule has 142 valence electrons. The predicted molar refractivity (Wildman–Crippen MR) is 110 cm³/mol. The summed E-state index contributed by atoms with van der Waals surface area (Å²) in [5.41, 5.74) is 2.00. The molecule has 9 heteroatoms. The van der Waals surface area contributed by atoms with E-state index in [0.717, 1.165) is 21.2 Å². The molecule has 0 spiro atoms. The molecule has 0 unspecified atom stereocenters. The lowest BCUT2D eigenvalue weighted by Gasteiger charge is -2.05. The molecule has 0 bridgehead atoms. The Hall–Kier alpha value is -2.91. The number of benzene rings is 2. The first-order chi connectivity index (χ1) is 13.5. The van der Waals surface area contributed by atoms with Gasteiger partial charge in [-0.25, -0.2) is 0 Å². The summed E-state index contributed by atoms with van der Waals surface area (Å²) >= 11 is 3.13. The number of thioether (sulfide) groups is 2. The number of pyridine rings is 1.